The van der Waals surface area contributed by atoms with Crippen molar-refractivity contribution >= 4 is 49.7 Å². The van der Waals surface area contributed by atoms with Gasteiger partial charge in [0.15, 0.2) is 5.58 Å². The van der Waals surface area contributed by atoms with Crippen molar-refractivity contribution in [1.29, 1.82) is 0 Å². The van der Waals surface area contributed by atoms with Crippen molar-refractivity contribution < 1.29 is 4.42 Å². The minimum absolute atomic E-state index is 0.622. The maximum Gasteiger partial charge on any atom is 0.227 e. The van der Waals surface area contributed by atoms with E-state index in [1.165, 1.54) is 11.1 Å². The SMILES string of the molecule is c1ccc(-c2ccc(N(c3ccccc3)c3cccc4c3cc(-c3ccccc3)c3ccc5nc(-c6ccccc6)oc5c34)cc2)cc1. The Labute approximate surface area is 279 Å². The molecule has 9 aromatic rings. The first kappa shape index (κ1) is 27.8. The van der Waals surface area contributed by atoms with E-state index in [2.05, 4.69) is 157 Å². The molecule has 0 amide bonds. The summed E-state index contributed by atoms with van der Waals surface area (Å²) in [6.45, 7) is 0. The van der Waals surface area contributed by atoms with Crippen LogP contribution in [0.3, 0.4) is 0 Å². The highest BCUT2D eigenvalue weighted by Gasteiger charge is 2.21. The molecule has 1 heterocycles. The van der Waals surface area contributed by atoms with Crippen LogP contribution in [0.5, 0.6) is 0 Å². The third-order valence-electron chi connectivity index (χ3n) is 9.08. The second-order valence-corrected chi connectivity index (χ2v) is 12.0. The molecule has 0 bridgehead atoms. The molecular formula is C45H30N2O. The van der Waals surface area contributed by atoms with Crippen molar-refractivity contribution in [3.8, 4) is 33.7 Å². The number of hydrogen-bond acceptors (Lipinski definition) is 3. The second kappa shape index (κ2) is 11.7. The van der Waals surface area contributed by atoms with E-state index in [-0.39, 0.29) is 0 Å². The van der Waals surface area contributed by atoms with E-state index in [4.69, 9.17) is 9.40 Å². The maximum atomic E-state index is 6.67. The fraction of sp³-hybridized carbons (Fsp3) is 0. The molecule has 3 heteroatoms. The number of hydrogen-bond donors (Lipinski definition) is 0. The summed E-state index contributed by atoms with van der Waals surface area (Å²) in [5.74, 6) is 0.622. The van der Waals surface area contributed by atoms with Crippen LogP contribution in [-0.2, 0) is 0 Å². The summed E-state index contributed by atoms with van der Waals surface area (Å²) in [5.41, 5.74) is 10.5. The fourth-order valence-corrected chi connectivity index (χ4v) is 6.82. The molecule has 0 unspecified atom stereocenters. The van der Waals surface area contributed by atoms with Crippen LogP contribution in [0.4, 0.5) is 17.1 Å². The number of anilines is 3. The van der Waals surface area contributed by atoms with Gasteiger partial charge in [-0.3, -0.25) is 0 Å². The largest absolute Gasteiger partial charge is 0.435 e. The first-order chi connectivity index (χ1) is 23.8. The summed E-state index contributed by atoms with van der Waals surface area (Å²) in [6.07, 6.45) is 0. The van der Waals surface area contributed by atoms with E-state index in [0.717, 1.165) is 66.4 Å². The van der Waals surface area contributed by atoms with E-state index in [9.17, 15) is 0 Å². The zero-order valence-electron chi connectivity index (χ0n) is 26.1. The molecule has 0 atom stereocenters. The van der Waals surface area contributed by atoms with Crippen LogP contribution in [0.15, 0.2) is 186 Å². The van der Waals surface area contributed by atoms with Crippen LogP contribution in [0, 0.1) is 0 Å². The smallest absolute Gasteiger partial charge is 0.227 e. The van der Waals surface area contributed by atoms with Crippen LogP contribution in [-0.4, -0.2) is 4.98 Å². The van der Waals surface area contributed by atoms with Gasteiger partial charge in [0.2, 0.25) is 5.89 Å². The van der Waals surface area contributed by atoms with Crippen molar-refractivity contribution in [1.82, 2.24) is 4.98 Å². The lowest BCUT2D eigenvalue weighted by Crippen LogP contribution is -2.10. The van der Waals surface area contributed by atoms with Crippen LogP contribution >= 0.6 is 0 Å². The number of para-hydroxylation sites is 1. The Morgan fingerprint density at radius 2 is 1.00 bits per heavy atom. The molecule has 0 saturated carbocycles. The highest BCUT2D eigenvalue weighted by Crippen LogP contribution is 2.45. The zero-order valence-corrected chi connectivity index (χ0v) is 26.1. The second-order valence-electron chi connectivity index (χ2n) is 12.0. The Bertz CT molecular complexity index is 2520. The van der Waals surface area contributed by atoms with Gasteiger partial charge in [-0.1, -0.05) is 127 Å². The predicted octanol–water partition coefficient (Wildman–Crippen LogP) is 12.6. The number of rotatable bonds is 6. The van der Waals surface area contributed by atoms with Crippen molar-refractivity contribution in [2.75, 3.05) is 4.90 Å². The van der Waals surface area contributed by atoms with Gasteiger partial charge in [-0.15, -0.1) is 0 Å². The summed E-state index contributed by atoms with van der Waals surface area (Å²) in [5, 5.41) is 4.44. The van der Waals surface area contributed by atoms with Gasteiger partial charge in [-0.05, 0) is 87.6 Å². The molecule has 0 radical (unpaired) electrons. The number of nitrogens with zero attached hydrogens (tertiary/aromatic N) is 2. The van der Waals surface area contributed by atoms with Crippen molar-refractivity contribution in [2.24, 2.45) is 0 Å². The maximum absolute atomic E-state index is 6.67. The third-order valence-corrected chi connectivity index (χ3v) is 9.08. The normalized spacial score (nSPS) is 11.3. The Kier molecular flexibility index (Phi) is 6.80. The molecule has 9 rings (SSSR count). The average Bonchev–Trinajstić information content (AvgIpc) is 3.61. The summed E-state index contributed by atoms with van der Waals surface area (Å²) < 4.78 is 6.67. The summed E-state index contributed by atoms with van der Waals surface area (Å²) >= 11 is 0. The van der Waals surface area contributed by atoms with Crippen molar-refractivity contribution in [2.45, 2.75) is 0 Å². The number of benzene rings is 8. The molecule has 0 N–H and O–H groups in total. The van der Waals surface area contributed by atoms with Gasteiger partial charge in [0, 0.05) is 27.7 Å². The third kappa shape index (κ3) is 4.81. The van der Waals surface area contributed by atoms with Gasteiger partial charge in [-0.2, -0.15) is 0 Å². The molecule has 0 fully saturated rings. The van der Waals surface area contributed by atoms with Crippen molar-refractivity contribution in [3.05, 3.63) is 182 Å². The lowest BCUT2D eigenvalue weighted by atomic mass is 9.91. The number of fused-ring (bicyclic) bond motifs is 5. The van der Waals surface area contributed by atoms with Gasteiger partial charge in [0.1, 0.15) is 5.52 Å². The topological polar surface area (TPSA) is 29.3 Å². The Morgan fingerprint density at radius 1 is 0.417 bits per heavy atom. The van der Waals surface area contributed by atoms with E-state index in [1.54, 1.807) is 0 Å². The van der Waals surface area contributed by atoms with Crippen LogP contribution in [0.25, 0.3) is 66.4 Å². The lowest BCUT2D eigenvalue weighted by molar-refractivity contribution is 0.623. The monoisotopic (exact) mass is 614 g/mol. The molecule has 0 aliphatic heterocycles. The van der Waals surface area contributed by atoms with Gasteiger partial charge >= 0.3 is 0 Å². The molecule has 226 valence electrons. The van der Waals surface area contributed by atoms with Gasteiger partial charge < -0.3 is 9.32 Å². The average molecular weight is 615 g/mol. The van der Waals surface area contributed by atoms with Crippen LogP contribution in [0.2, 0.25) is 0 Å². The molecule has 48 heavy (non-hydrogen) atoms. The molecule has 0 aliphatic rings. The minimum Gasteiger partial charge on any atom is -0.435 e. The summed E-state index contributed by atoms with van der Waals surface area (Å²) in [4.78, 5) is 7.31. The Balaban J connectivity index is 1.33. The van der Waals surface area contributed by atoms with E-state index < -0.39 is 0 Å². The lowest BCUT2D eigenvalue weighted by Gasteiger charge is -2.27. The predicted molar refractivity (Wildman–Crippen MR) is 200 cm³/mol. The number of oxazole rings is 1. The molecule has 0 aliphatic carbocycles. The molecule has 8 aromatic carbocycles. The molecule has 0 saturated heterocycles. The van der Waals surface area contributed by atoms with Gasteiger partial charge in [0.05, 0.1) is 5.69 Å². The molecule has 3 nitrogen and oxygen atoms in total. The minimum atomic E-state index is 0.622. The Hall–Kier alpha value is -6.45. The quantitative estimate of drug-likeness (QED) is 0.175. The van der Waals surface area contributed by atoms with E-state index >= 15 is 0 Å². The summed E-state index contributed by atoms with van der Waals surface area (Å²) in [7, 11) is 0. The standard InChI is InChI=1S/C45H30N2O/c1-5-14-31(15-6-1)32-24-26-36(27-25-32)47(35-20-11-4-12-21-35)42-23-13-22-37-40(42)30-39(33-16-7-2-8-17-33)38-28-29-41-44(43(37)38)48-45(46-41)34-18-9-3-10-19-34/h1-30H. The molecular weight excluding hydrogens is 585 g/mol. The van der Waals surface area contributed by atoms with E-state index in [1.807, 2.05) is 30.3 Å². The van der Waals surface area contributed by atoms with Gasteiger partial charge in [-0.25, -0.2) is 4.98 Å². The van der Waals surface area contributed by atoms with Crippen LogP contribution < -0.4 is 4.90 Å². The van der Waals surface area contributed by atoms with Crippen molar-refractivity contribution in [3.63, 3.8) is 0 Å². The molecule has 1 aromatic heterocycles. The highest BCUT2D eigenvalue weighted by molar-refractivity contribution is 6.24. The number of aromatic nitrogens is 1. The van der Waals surface area contributed by atoms with E-state index in [0.29, 0.717) is 5.89 Å². The fourth-order valence-electron chi connectivity index (χ4n) is 6.82. The zero-order chi connectivity index (χ0) is 31.9. The summed E-state index contributed by atoms with van der Waals surface area (Å²) in [6, 6.07) is 63.9. The first-order valence-electron chi connectivity index (χ1n) is 16.2. The van der Waals surface area contributed by atoms with Crippen LogP contribution in [0.1, 0.15) is 0 Å². The first-order valence-corrected chi connectivity index (χ1v) is 16.2. The van der Waals surface area contributed by atoms with Gasteiger partial charge in [0.25, 0.3) is 0 Å². The Morgan fingerprint density at radius 3 is 1.69 bits per heavy atom. The highest BCUT2D eigenvalue weighted by atomic mass is 16.3. The molecule has 0 spiro atoms.